The summed E-state index contributed by atoms with van der Waals surface area (Å²) in [4.78, 5) is 4.79. The molecule has 0 unspecified atom stereocenters. The highest BCUT2D eigenvalue weighted by molar-refractivity contribution is 7.91. The molecule has 0 N–H and O–H groups in total. The molecule has 1 aromatic carbocycles. The van der Waals surface area contributed by atoms with Crippen LogP contribution in [0.1, 0.15) is 26.3 Å². The lowest BCUT2D eigenvalue weighted by molar-refractivity contribution is 0.0466. The van der Waals surface area contributed by atoms with Crippen LogP contribution in [-0.4, -0.2) is 47.4 Å². The van der Waals surface area contributed by atoms with Crippen LogP contribution in [0.5, 0.6) is 0 Å². The number of halogens is 1. The molecule has 1 radical (unpaired) electrons. The van der Waals surface area contributed by atoms with Crippen LogP contribution in [0.4, 0.5) is 10.1 Å². The molecule has 7 nitrogen and oxygen atoms in total. The fraction of sp³-hybridized carbons (Fsp3) is 0.529. The molecular formula is C17H23FN5O2S. The maximum absolute atomic E-state index is 13.8. The van der Waals surface area contributed by atoms with Crippen molar-refractivity contribution in [1.29, 1.82) is 0 Å². The lowest BCUT2D eigenvalue weighted by atomic mass is 10.1. The summed E-state index contributed by atoms with van der Waals surface area (Å²) < 4.78 is 35.2. The standard InChI is InChI=1S/C17H23FN5O2S/c1-12(21-26(24)17(2,3)4)15-9-13(18)5-6-16(15)23-7-8-25-14(11-23)10-20-22-19/h5-6,9,14H,2,7-8,10-11H2,1,3-4H3/t14-,26+/m0/s1. The maximum Gasteiger partial charge on any atom is 0.147 e. The zero-order valence-corrected chi connectivity index (χ0v) is 16.0. The minimum atomic E-state index is -1.54. The number of morpholine rings is 1. The fourth-order valence-corrected chi connectivity index (χ4v) is 3.14. The summed E-state index contributed by atoms with van der Waals surface area (Å²) in [5.41, 5.74) is 10.3. The van der Waals surface area contributed by atoms with Gasteiger partial charge in [0.2, 0.25) is 0 Å². The van der Waals surface area contributed by atoms with E-state index < -0.39 is 21.9 Å². The molecule has 0 aliphatic carbocycles. The van der Waals surface area contributed by atoms with Gasteiger partial charge in [-0.3, -0.25) is 0 Å². The van der Waals surface area contributed by atoms with E-state index in [4.69, 9.17) is 10.3 Å². The Bertz CT molecular complexity index is 716. The third kappa shape index (κ3) is 5.35. The first-order valence-corrected chi connectivity index (χ1v) is 9.33. The van der Waals surface area contributed by atoms with Crippen molar-refractivity contribution in [3.8, 4) is 0 Å². The highest BCUT2D eigenvalue weighted by Crippen LogP contribution is 2.26. The van der Waals surface area contributed by atoms with Gasteiger partial charge in [0.25, 0.3) is 0 Å². The quantitative estimate of drug-likeness (QED) is 0.249. The number of hydrogen-bond donors (Lipinski definition) is 0. The minimum absolute atomic E-state index is 0.232. The van der Waals surface area contributed by atoms with E-state index in [1.54, 1.807) is 26.8 Å². The summed E-state index contributed by atoms with van der Waals surface area (Å²) in [6.45, 7) is 10.8. The summed E-state index contributed by atoms with van der Waals surface area (Å²) in [6, 6.07) is 4.45. The first kappa shape index (κ1) is 20.5. The van der Waals surface area contributed by atoms with E-state index in [-0.39, 0.29) is 12.6 Å². The molecule has 1 aliphatic rings. The Hall–Kier alpha value is -1.80. The van der Waals surface area contributed by atoms with E-state index in [2.05, 4.69) is 21.3 Å². The van der Waals surface area contributed by atoms with Gasteiger partial charge in [0.15, 0.2) is 0 Å². The average molecular weight is 380 g/mol. The van der Waals surface area contributed by atoms with Crippen molar-refractivity contribution < 1.29 is 13.7 Å². The van der Waals surface area contributed by atoms with Crippen LogP contribution in [-0.2, 0) is 16.1 Å². The van der Waals surface area contributed by atoms with Crippen molar-refractivity contribution in [3.05, 3.63) is 46.9 Å². The second-order valence-corrected chi connectivity index (χ2v) is 8.49. The number of nitrogens with zero attached hydrogens (tertiary/aromatic N) is 5. The Morgan fingerprint density at radius 2 is 2.31 bits per heavy atom. The van der Waals surface area contributed by atoms with Gasteiger partial charge in [-0.2, -0.15) is 0 Å². The lowest BCUT2D eigenvalue weighted by Crippen LogP contribution is -2.44. The normalized spacial score (nSPS) is 19.8. The van der Waals surface area contributed by atoms with Crippen molar-refractivity contribution in [2.24, 2.45) is 9.51 Å². The predicted octanol–water partition coefficient (Wildman–Crippen LogP) is 3.43. The molecule has 1 saturated heterocycles. The molecule has 0 bridgehead atoms. The van der Waals surface area contributed by atoms with Gasteiger partial charge >= 0.3 is 0 Å². The van der Waals surface area contributed by atoms with Crippen molar-refractivity contribution in [2.75, 3.05) is 31.1 Å². The minimum Gasteiger partial charge on any atom is -0.591 e. The molecule has 1 heterocycles. The molecule has 0 aromatic heterocycles. The molecule has 141 valence electrons. The molecular weight excluding hydrogens is 357 g/mol. The van der Waals surface area contributed by atoms with Crippen molar-refractivity contribution in [3.63, 3.8) is 0 Å². The van der Waals surface area contributed by atoms with Gasteiger partial charge < -0.3 is 14.2 Å². The molecule has 1 aliphatic heterocycles. The Morgan fingerprint density at radius 3 is 2.96 bits per heavy atom. The van der Waals surface area contributed by atoms with Crippen LogP contribution in [0.2, 0.25) is 0 Å². The van der Waals surface area contributed by atoms with E-state index in [1.165, 1.54) is 12.1 Å². The maximum atomic E-state index is 13.8. The summed E-state index contributed by atoms with van der Waals surface area (Å²) in [6.07, 6.45) is -0.234. The van der Waals surface area contributed by atoms with Crippen LogP contribution in [0, 0.1) is 12.7 Å². The van der Waals surface area contributed by atoms with Crippen LogP contribution in [0.3, 0.4) is 0 Å². The molecule has 9 heteroatoms. The molecule has 1 aromatic rings. The number of ether oxygens (including phenoxy) is 1. The zero-order valence-electron chi connectivity index (χ0n) is 15.2. The highest BCUT2D eigenvalue weighted by atomic mass is 32.2. The molecule has 1 fully saturated rings. The smallest absolute Gasteiger partial charge is 0.147 e. The van der Waals surface area contributed by atoms with Crippen LogP contribution < -0.4 is 4.90 Å². The van der Waals surface area contributed by atoms with Gasteiger partial charge in [0.1, 0.15) is 21.9 Å². The van der Waals surface area contributed by atoms with E-state index in [1.807, 2.05) is 4.90 Å². The fourth-order valence-electron chi connectivity index (χ4n) is 2.55. The summed E-state index contributed by atoms with van der Waals surface area (Å²) in [5, 5.41) is 3.56. The highest BCUT2D eigenvalue weighted by Gasteiger charge is 2.28. The monoisotopic (exact) mass is 380 g/mol. The lowest BCUT2D eigenvalue weighted by Gasteiger charge is -2.35. The largest absolute Gasteiger partial charge is 0.591 e. The van der Waals surface area contributed by atoms with E-state index >= 15 is 0 Å². The number of anilines is 1. The SMILES string of the molecule is [CH2]C(C)(C)[S@@+]([O-])N=C(C)c1cc(F)ccc1N1CCO[C@@H](CN=[N+]=[N-])C1. The Kier molecular flexibility index (Phi) is 6.88. The van der Waals surface area contributed by atoms with Crippen molar-refractivity contribution in [1.82, 2.24) is 0 Å². The molecule has 0 spiro atoms. The zero-order chi connectivity index (χ0) is 19.3. The number of rotatable bonds is 6. The van der Waals surface area contributed by atoms with E-state index in [0.717, 1.165) is 5.69 Å². The third-order valence-electron chi connectivity index (χ3n) is 3.87. The molecule has 2 atom stereocenters. The van der Waals surface area contributed by atoms with E-state index in [0.29, 0.717) is 31.0 Å². The topological polar surface area (TPSA) is 96.6 Å². The van der Waals surface area contributed by atoms with E-state index in [9.17, 15) is 8.94 Å². The average Bonchev–Trinajstić information content (AvgIpc) is 2.59. The first-order valence-electron chi connectivity index (χ1n) is 8.22. The number of benzene rings is 1. The molecule has 26 heavy (non-hydrogen) atoms. The second-order valence-electron chi connectivity index (χ2n) is 6.70. The summed E-state index contributed by atoms with van der Waals surface area (Å²) >= 11 is -1.54. The van der Waals surface area contributed by atoms with Crippen molar-refractivity contribution in [2.45, 2.75) is 31.6 Å². The van der Waals surface area contributed by atoms with Gasteiger partial charge in [0.05, 0.1) is 25.0 Å². The summed E-state index contributed by atoms with van der Waals surface area (Å²) in [7, 11) is 0. The Labute approximate surface area is 156 Å². The van der Waals surface area contributed by atoms with Gasteiger partial charge in [-0.15, -0.1) is 0 Å². The molecule has 2 rings (SSSR count). The Morgan fingerprint density at radius 1 is 1.58 bits per heavy atom. The second kappa shape index (κ2) is 8.73. The van der Waals surface area contributed by atoms with Gasteiger partial charge in [0, 0.05) is 36.2 Å². The van der Waals surface area contributed by atoms with Gasteiger partial charge in [-0.25, -0.2) is 4.39 Å². The van der Waals surface area contributed by atoms with Crippen molar-refractivity contribution >= 4 is 22.8 Å². The number of azide groups is 1. The first-order chi connectivity index (χ1) is 12.2. The van der Waals surface area contributed by atoms with Gasteiger partial charge in [-0.05, 0) is 44.5 Å². The molecule has 0 saturated carbocycles. The Balaban J connectivity index is 2.32. The predicted molar refractivity (Wildman–Crippen MR) is 102 cm³/mol. The van der Waals surface area contributed by atoms with Crippen LogP contribution in [0.15, 0.2) is 27.7 Å². The third-order valence-corrected chi connectivity index (χ3v) is 5.25. The van der Waals surface area contributed by atoms with Gasteiger partial charge in [-0.1, -0.05) is 9.51 Å². The van der Waals surface area contributed by atoms with Crippen LogP contribution >= 0.6 is 0 Å². The number of hydrogen-bond acceptors (Lipinski definition) is 5. The van der Waals surface area contributed by atoms with Crippen LogP contribution in [0.25, 0.3) is 10.4 Å². The summed E-state index contributed by atoms with van der Waals surface area (Å²) in [5.74, 6) is -0.392. The molecule has 0 amide bonds.